The van der Waals surface area contributed by atoms with Crippen LogP contribution in [-0.4, -0.2) is 12.4 Å². The first kappa shape index (κ1) is 15.3. The largest absolute Gasteiger partial charge is 0.344 e. The van der Waals surface area contributed by atoms with Crippen LogP contribution in [0.1, 0.15) is 30.9 Å². The van der Waals surface area contributed by atoms with Gasteiger partial charge in [-0.25, -0.2) is 0 Å². The van der Waals surface area contributed by atoms with Crippen LogP contribution in [0.3, 0.4) is 0 Å². The molecule has 0 radical (unpaired) electrons. The third-order valence-corrected chi connectivity index (χ3v) is 3.37. The summed E-state index contributed by atoms with van der Waals surface area (Å²) in [5.41, 5.74) is 3.66. The summed E-state index contributed by atoms with van der Waals surface area (Å²) in [6, 6.07) is 18.9. The van der Waals surface area contributed by atoms with E-state index in [4.69, 9.17) is 4.99 Å². The second-order valence-electron chi connectivity index (χ2n) is 5.34. The van der Waals surface area contributed by atoms with E-state index in [1.807, 2.05) is 6.07 Å². The number of nitrogens with one attached hydrogen (secondary N) is 1. The van der Waals surface area contributed by atoms with E-state index in [0.717, 1.165) is 30.9 Å². The quantitative estimate of drug-likeness (QED) is 0.456. The molecule has 0 saturated carbocycles. The SMILES string of the molecule is CCCCN=C(Cc1ccccc1)Nc1ccc(C)cc1. The Bertz CT molecular complexity index is 556. The fourth-order valence-electron chi connectivity index (χ4n) is 2.10. The molecule has 2 aromatic carbocycles. The highest BCUT2D eigenvalue weighted by Crippen LogP contribution is 2.10. The second kappa shape index (κ2) is 8.25. The Hall–Kier alpha value is -2.09. The van der Waals surface area contributed by atoms with Gasteiger partial charge >= 0.3 is 0 Å². The van der Waals surface area contributed by atoms with Crippen molar-refractivity contribution in [3.8, 4) is 0 Å². The average Bonchev–Trinajstić information content (AvgIpc) is 2.51. The van der Waals surface area contributed by atoms with Gasteiger partial charge in [0, 0.05) is 18.7 Å². The predicted molar refractivity (Wildman–Crippen MR) is 92.2 cm³/mol. The highest BCUT2D eigenvalue weighted by atomic mass is 15.0. The molecule has 0 bridgehead atoms. The minimum absolute atomic E-state index is 0.846. The van der Waals surface area contributed by atoms with Gasteiger partial charge in [0.2, 0.25) is 0 Å². The first-order valence-corrected chi connectivity index (χ1v) is 7.69. The molecule has 2 nitrogen and oxygen atoms in total. The Morgan fingerprint density at radius 3 is 2.38 bits per heavy atom. The molecule has 0 aliphatic rings. The van der Waals surface area contributed by atoms with Gasteiger partial charge in [0.25, 0.3) is 0 Å². The molecule has 1 N–H and O–H groups in total. The third-order valence-electron chi connectivity index (χ3n) is 3.37. The fraction of sp³-hybridized carbons (Fsp3) is 0.316. The molecule has 21 heavy (non-hydrogen) atoms. The molecule has 0 aromatic heterocycles. The summed E-state index contributed by atoms with van der Waals surface area (Å²) in [5, 5.41) is 3.46. The first-order chi connectivity index (χ1) is 10.3. The Kier molecular flexibility index (Phi) is 6.01. The number of rotatable bonds is 6. The monoisotopic (exact) mass is 280 g/mol. The zero-order chi connectivity index (χ0) is 14.9. The molecule has 2 rings (SSSR count). The summed E-state index contributed by atoms with van der Waals surface area (Å²) >= 11 is 0. The zero-order valence-electron chi connectivity index (χ0n) is 13.0. The molecular weight excluding hydrogens is 256 g/mol. The molecule has 0 aliphatic heterocycles. The molecule has 0 atom stereocenters. The maximum atomic E-state index is 4.73. The van der Waals surface area contributed by atoms with Crippen LogP contribution in [0.15, 0.2) is 59.6 Å². The number of amidine groups is 1. The molecule has 110 valence electrons. The van der Waals surface area contributed by atoms with Gasteiger partial charge < -0.3 is 5.32 Å². The van der Waals surface area contributed by atoms with Crippen molar-refractivity contribution in [2.45, 2.75) is 33.1 Å². The average molecular weight is 280 g/mol. The van der Waals surface area contributed by atoms with Crippen molar-refractivity contribution in [1.82, 2.24) is 0 Å². The standard InChI is InChI=1S/C19H24N2/c1-3-4-14-20-19(15-17-8-6-5-7-9-17)21-18-12-10-16(2)11-13-18/h5-13H,3-4,14-15H2,1-2H3,(H,20,21). The Labute approximate surface area is 127 Å². The lowest BCUT2D eigenvalue weighted by atomic mass is 10.1. The van der Waals surface area contributed by atoms with Crippen LogP contribution in [0.4, 0.5) is 5.69 Å². The third kappa shape index (κ3) is 5.42. The van der Waals surface area contributed by atoms with Crippen LogP contribution in [-0.2, 0) is 6.42 Å². The van der Waals surface area contributed by atoms with Crippen molar-refractivity contribution in [3.05, 3.63) is 65.7 Å². The maximum Gasteiger partial charge on any atom is 0.105 e. The van der Waals surface area contributed by atoms with Crippen LogP contribution >= 0.6 is 0 Å². The van der Waals surface area contributed by atoms with Crippen LogP contribution in [0.2, 0.25) is 0 Å². The minimum Gasteiger partial charge on any atom is -0.344 e. The van der Waals surface area contributed by atoms with Crippen LogP contribution in [0.25, 0.3) is 0 Å². The van der Waals surface area contributed by atoms with Gasteiger partial charge in [0.05, 0.1) is 0 Å². The lowest BCUT2D eigenvalue weighted by Gasteiger charge is -2.11. The number of nitrogens with zero attached hydrogens (tertiary/aromatic N) is 1. The van der Waals surface area contributed by atoms with Gasteiger partial charge in [-0.3, -0.25) is 4.99 Å². The van der Waals surface area contributed by atoms with Crippen molar-refractivity contribution in [2.75, 3.05) is 11.9 Å². The van der Waals surface area contributed by atoms with E-state index in [2.05, 4.69) is 67.7 Å². The topological polar surface area (TPSA) is 24.4 Å². The number of aliphatic imine (C=N–C) groups is 1. The smallest absolute Gasteiger partial charge is 0.105 e. The van der Waals surface area contributed by atoms with E-state index in [9.17, 15) is 0 Å². The summed E-state index contributed by atoms with van der Waals surface area (Å²) in [6.07, 6.45) is 3.15. The van der Waals surface area contributed by atoms with Crippen molar-refractivity contribution in [3.63, 3.8) is 0 Å². The predicted octanol–water partition coefficient (Wildman–Crippen LogP) is 4.85. The summed E-state index contributed by atoms with van der Waals surface area (Å²) in [4.78, 5) is 4.73. The highest BCUT2D eigenvalue weighted by Gasteiger charge is 2.02. The van der Waals surface area contributed by atoms with Crippen LogP contribution in [0, 0.1) is 6.92 Å². The van der Waals surface area contributed by atoms with E-state index < -0.39 is 0 Å². The summed E-state index contributed by atoms with van der Waals surface area (Å²) in [5.74, 6) is 1.04. The molecule has 0 spiro atoms. The van der Waals surface area contributed by atoms with E-state index in [-0.39, 0.29) is 0 Å². The Morgan fingerprint density at radius 1 is 1.00 bits per heavy atom. The minimum atomic E-state index is 0.846. The van der Waals surface area contributed by atoms with E-state index >= 15 is 0 Å². The van der Waals surface area contributed by atoms with E-state index in [0.29, 0.717) is 0 Å². The highest BCUT2D eigenvalue weighted by molar-refractivity contribution is 5.96. The number of aryl methyl sites for hydroxylation is 1. The molecule has 0 heterocycles. The lowest BCUT2D eigenvalue weighted by molar-refractivity contribution is 0.806. The normalized spacial score (nSPS) is 11.4. The van der Waals surface area contributed by atoms with Crippen LogP contribution in [0.5, 0.6) is 0 Å². The zero-order valence-corrected chi connectivity index (χ0v) is 13.0. The molecule has 0 unspecified atom stereocenters. The van der Waals surface area contributed by atoms with Gasteiger partial charge in [-0.2, -0.15) is 0 Å². The first-order valence-electron chi connectivity index (χ1n) is 7.69. The fourth-order valence-corrected chi connectivity index (χ4v) is 2.10. The molecule has 0 fully saturated rings. The van der Waals surface area contributed by atoms with Crippen molar-refractivity contribution < 1.29 is 0 Å². The van der Waals surface area contributed by atoms with Gasteiger partial charge in [-0.15, -0.1) is 0 Å². The summed E-state index contributed by atoms with van der Waals surface area (Å²) in [6.45, 7) is 5.18. The maximum absolute atomic E-state index is 4.73. The Balaban J connectivity index is 2.08. The van der Waals surface area contributed by atoms with Crippen LogP contribution < -0.4 is 5.32 Å². The number of hydrogen-bond donors (Lipinski definition) is 1. The van der Waals surface area contributed by atoms with Gasteiger partial charge in [-0.1, -0.05) is 61.4 Å². The van der Waals surface area contributed by atoms with E-state index in [1.54, 1.807) is 0 Å². The number of hydrogen-bond acceptors (Lipinski definition) is 1. The number of benzene rings is 2. The molecule has 0 aliphatic carbocycles. The molecule has 0 amide bonds. The summed E-state index contributed by atoms with van der Waals surface area (Å²) in [7, 11) is 0. The summed E-state index contributed by atoms with van der Waals surface area (Å²) < 4.78 is 0. The number of unbranched alkanes of at least 4 members (excludes halogenated alkanes) is 1. The number of anilines is 1. The van der Waals surface area contributed by atoms with Gasteiger partial charge in [0.1, 0.15) is 5.84 Å². The van der Waals surface area contributed by atoms with Crippen molar-refractivity contribution in [1.29, 1.82) is 0 Å². The van der Waals surface area contributed by atoms with E-state index in [1.165, 1.54) is 17.5 Å². The molecule has 2 heteroatoms. The van der Waals surface area contributed by atoms with Crippen molar-refractivity contribution >= 4 is 11.5 Å². The second-order valence-corrected chi connectivity index (χ2v) is 5.34. The lowest BCUT2D eigenvalue weighted by Crippen LogP contribution is -2.16. The molecule has 0 saturated heterocycles. The molecular formula is C19H24N2. The van der Waals surface area contributed by atoms with Gasteiger partial charge in [-0.05, 0) is 31.0 Å². The van der Waals surface area contributed by atoms with Gasteiger partial charge in [0.15, 0.2) is 0 Å². The Morgan fingerprint density at radius 2 is 1.71 bits per heavy atom. The molecule has 2 aromatic rings. The van der Waals surface area contributed by atoms with Crippen molar-refractivity contribution in [2.24, 2.45) is 4.99 Å².